The van der Waals surface area contributed by atoms with E-state index in [2.05, 4.69) is 4.98 Å². The lowest BCUT2D eigenvalue weighted by Crippen LogP contribution is -2.06. The molecule has 0 saturated heterocycles. The van der Waals surface area contributed by atoms with E-state index in [0.717, 1.165) is 5.52 Å². The molecule has 0 fully saturated rings. The summed E-state index contributed by atoms with van der Waals surface area (Å²) < 4.78 is 1.77. The summed E-state index contributed by atoms with van der Waals surface area (Å²) in [6.07, 6.45) is -0.772. The number of aromatic nitrogens is 2. The van der Waals surface area contributed by atoms with Crippen LogP contribution in [0.5, 0.6) is 0 Å². The summed E-state index contributed by atoms with van der Waals surface area (Å²) in [6.45, 7) is 1.64. The standard InChI is InChI=1S/C15H13Cl2N3O/c1-8(21)15-19-12-7-9(18)5-6-13(12)20(15)14-10(16)3-2-4-11(14)17/h2-8,21H,18H2,1H3. The van der Waals surface area contributed by atoms with Gasteiger partial charge in [0, 0.05) is 5.69 Å². The van der Waals surface area contributed by atoms with Crippen molar-refractivity contribution < 1.29 is 5.11 Å². The lowest BCUT2D eigenvalue weighted by Gasteiger charge is -2.14. The molecule has 0 aliphatic carbocycles. The maximum absolute atomic E-state index is 10.0. The Labute approximate surface area is 131 Å². The third-order valence-corrected chi connectivity index (χ3v) is 3.85. The van der Waals surface area contributed by atoms with Gasteiger partial charge in [-0.15, -0.1) is 0 Å². The molecule has 1 aromatic heterocycles. The topological polar surface area (TPSA) is 64.1 Å². The van der Waals surface area contributed by atoms with Crippen LogP contribution in [0.1, 0.15) is 18.9 Å². The van der Waals surface area contributed by atoms with Crippen LogP contribution in [0.3, 0.4) is 0 Å². The van der Waals surface area contributed by atoms with Crippen molar-refractivity contribution in [2.75, 3.05) is 5.73 Å². The number of para-hydroxylation sites is 1. The molecule has 1 heterocycles. The van der Waals surface area contributed by atoms with Crippen molar-refractivity contribution in [2.45, 2.75) is 13.0 Å². The first-order valence-electron chi connectivity index (χ1n) is 6.39. The SMILES string of the molecule is CC(O)c1nc2cc(N)ccc2n1-c1c(Cl)cccc1Cl. The second-order valence-electron chi connectivity index (χ2n) is 4.80. The van der Waals surface area contributed by atoms with Gasteiger partial charge in [0.2, 0.25) is 0 Å². The predicted molar refractivity (Wildman–Crippen MR) is 86.1 cm³/mol. The van der Waals surface area contributed by atoms with Crippen molar-refractivity contribution in [2.24, 2.45) is 0 Å². The first-order valence-corrected chi connectivity index (χ1v) is 7.15. The second kappa shape index (κ2) is 5.22. The van der Waals surface area contributed by atoms with Crippen molar-refractivity contribution in [1.29, 1.82) is 0 Å². The number of rotatable bonds is 2. The molecule has 21 heavy (non-hydrogen) atoms. The highest BCUT2D eigenvalue weighted by atomic mass is 35.5. The average Bonchev–Trinajstić information content (AvgIpc) is 2.77. The number of nitrogens with two attached hydrogens (primary N) is 1. The summed E-state index contributed by atoms with van der Waals surface area (Å²) in [5.41, 5.74) is 8.47. The smallest absolute Gasteiger partial charge is 0.143 e. The Kier molecular flexibility index (Phi) is 3.53. The fourth-order valence-corrected chi connectivity index (χ4v) is 2.90. The van der Waals surface area contributed by atoms with Crippen LogP contribution in [0.4, 0.5) is 5.69 Å². The molecule has 2 aromatic carbocycles. The minimum absolute atomic E-state index is 0.464. The molecule has 3 N–H and O–H groups in total. The van der Waals surface area contributed by atoms with Crippen LogP contribution in [-0.4, -0.2) is 14.7 Å². The van der Waals surface area contributed by atoms with Crippen LogP contribution in [0.2, 0.25) is 10.0 Å². The fraction of sp³-hybridized carbons (Fsp3) is 0.133. The van der Waals surface area contributed by atoms with Crippen LogP contribution < -0.4 is 5.73 Å². The average molecular weight is 322 g/mol. The number of nitrogens with zero attached hydrogens (tertiary/aromatic N) is 2. The zero-order chi connectivity index (χ0) is 15.1. The first-order chi connectivity index (χ1) is 9.99. The van der Waals surface area contributed by atoms with Crippen molar-refractivity contribution in [1.82, 2.24) is 9.55 Å². The van der Waals surface area contributed by atoms with E-state index >= 15 is 0 Å². The van der Waals surface area contributed by atoms with E-state index in [1.165, 1.54) is 0 Å². The maximum Gasteiger partial charge on any atom is 0.143 e. The van der Waals surface area contributed by atoms with Crippen molar-refractivity contribution in [3.63, 3.8) is 0 Å². The molecule has 4 nitrogen and oxygen atoms in total. The highest BCUT2D eigenvalue weighted by Crippen LogP contribution is 2.34. The molecule has 0 aliphatic heterocycles. The van der Waals surface area contributed by atoms with Crippen molar-refractivity contribution >= 4 is 39.9 Å². The van der Waals surface area contributed by atoms with E-state index in [0.29, 0.717) is 32.8 Å². The molecule has 0 amide bonds. The number of nitrogen functional groups attached to an aromatic ring is 1. The highest BCUT2D eigenvalue weighted by Gasteiger charge is 2.20. The Morgan fingerprint density at radius 3 is 2.48 bits per heavy atom. The molecule has 1 unspecified atom stereocenters. The van der Waals surface area contributed by atoms with Gasteiger partial charge in [0.1, 0.15) is 11.9 Å². The van der Waals surface area contributed by atoms with Crippen LogP contribution in [0.15, 0.2) is 36.4 Å². The molecule has 0 spiro atoms. The summed E-state index contributed by atoms with van der Waals surface area (Å²) in [5, 5.41) is 11.0. The number of fused-ring (bicyclic) bond motifs is 1. The van der Waals surface area contributed by atoms with Crippen molar-refractivity contribution in [3.05, 3.63) is 52.3 Å². The number of aliphatic hydroxyl groups excluding tert-OH is 1. The minimum Gasteiger partial charge on any atom is -0.399 e. The summed E-state index contributed by atoms with van der Waals surface area (Å²) in [4.78, 5) is 4.45. The Morgan fingerprint density at radius 2 is 1.86 bits per heavy atom. The summed E-state index contributed by atoms with van der Waals surface area (Å²) >= 11 is 12.6. The molecular formula is C15H13Cl2N3O. The van der Waals surface area contributed by atoms with Crippen LogP contribution >= 0.6 is 23.2 Å². The second-order valence-corrected chi connectivity index (χ2v) is 5.61. The van der Waals surface area contributed by atoms with Crippen LogP contribution in [-0.2, 0) is 0 Å². The lowest BCUT2D eigenvalue weighted by atomic mass is 10.2. The normalized spacial score (nSPS) is 12.8. The van der Waals surface area contributed by atoms with Crippen molar-refractivity contribution in [3.8, 4) is 5.69 Å². The van der Waals surface area contributed by atoms with Gasteiger partial charge in [0.05, 0.1) is 26.8 Å². The maximum atomic E-state index is 10.0. The lowest BCUT2D eigenvalue weighted by molar-refractivity contribution is 0.187. The first kappa shape index (κ1) is 14.2. The Hall–Kier alpha value is -1.75. The number of hydrogen-bond acceptors (Lipinski definition) is 3. The van der Waals surface area contributed by atoms with Gasteiger partial charge < -0.3 is 10.8 Å². The van der Waals surface area contributed by atoms with Gasteiger partial charge in [-0.25, -0.2) is 4.98 Å². The van der Waals surface area contributed by atoms with Gasteiger partial charge in [-0.05, 0) is 37.3 Å². The van der Waals surface area contributed by atoms with Gasteiger partial charge in [0.15, 0.2) is 0 Å². The van der Waals surface area contributed by atoms with Gasteiger partial charge in [-0.3, -0.25) is 4.57 Å². The third-order valence-electron chi connectivity index (χ3n) is 3.24. The van der Waals surface area contributed by atoms with E-state index < -0.39 is 6.10 Å². The number of imidazole rings is 1. The number of halogens is 2. The number of benzene rings is 2. The molecule has 0 saturated carbocycles. The molecule has 0 aliphatic rings. The molecule has 3 aromatic rings. The molecule has 1 atom stereocenters. The zero-order valence-corrected chi connectivity index (χ0v) is 12.7. The Balaban J connectivity index is 2.42. The quantitative estimate of drug-likeness (QED) is 0.702. The fourth-order valence-electron chi connectivity index (χ4n) is 2.33. The zero-order valence-electron chi connectivity index (χ0n) is 11.2. The Morgan fingerprint density at radius 1 is 1.19 bits per heavy atom. The van der Waals surface area contributed by atoms with Gasteiger partial charge in [-0.2, -0.15) is 0 Å². The number of anilines is 1. The van der Waals surface area contributed by atoms with Crippen LogP contribution in [0, 0.1) is 0 Å². The number of hydrogen-bond donors (Lipinski definition) is 2. The molecule has 3 rings (SSSR count). The van der Waals surface area contributed by atoms with Gasteiger partial charge in [-0.1, -0.05) is 29.3 Å². The molecule has 0 bridgehead atoms. The van der Waals surface area contributed by atoms with E-state index in [1.807, 2.05) is 6.07 Å². The van der Waals surface area contributed by atoms with E-state index in [4.69, 9.17) is 28.9 Å². The monoisotopic (exact) mass is 321 g/mol. The van der Waals surface area contributed by atoms with E-state index in [1.54, 1.807) is 41.8 Å². The minimum atomic E-state index is -0.772. The Bertz CT molecular complexity index is 807. The summed E-state index contributed by atoms with van der Waals surface area (Å²) in [6, 6.07) is 10.6. The molecular weight excluding hydrogens is 309 g/mol. The molecule has 0 radical (unpaired) electrons. The number of aliphatic hydroxyl groups is 1. The predicted octanol–water partition coefficient (Wildman–Crippen LogP) is 3.97. The summed E-state index contributed by atoms with van der Waals surface area (Å²) in [5.74, 6) is 0.464. The van der Waals surface area contributed by atoms with E-state index in [-0.39, 0.29) is 0 Å². The van der Waals surface area contributed by atoms with Gasteiger partial charge in [0.25, 0.3) is 0 Å². The molecule has 6 heteroatoms. The molecule has 108 valence electrons. The highest BCUT2D eigenvalue weighted by molar-refractivity contribution is 6.37. The van der Waals surface area contributed by atoms with Crippen LogP contribution in [0.25, 0.3) is 16.7 Å². The summed E-state index contributed by atoms with van der Waals surface area (Å²) in [7, 11) is 0. The van der Waals surface area contributed by atoms with Gasteiger partial charge >= 0.3 is 0 Å². The van der Waals surface area contributed by atoms with E-state index in [9.17, 15) is 5.11 Å². The third kappa shape index (κ3) is 2.35. The largest absolute Gasteiger partial charge is 0.399 e.